The standard InChI is InChI=1S/C17H15FO3/c1-2-21-16-9-4-3-6-13(16)11-15(17(19)20)12-7-5-8-14(18)10-12/h3-11H,2H2,1H3,(H,19,20)/b15-11+. The van der Waals surface area contributed by atoms with Crippen molar-refractivity contribution in [2.75, 3.05) is 6.61 Å². The van der Waals surface area contributed by atoms with Crippen LogP contribution in [-0.4, -0.2) is 17.7 Å². The Balaban J connectivity index is 2.50. The van der Waals surface area contributed by atoms with Crippen molar-refractivity contribution in [1.29, 1.82) is 0 Å². The number of benzene rings is 2. The lowest BCUT2D eigenvalue weighted by Crippen LogP contribution is -2.01. The van der Waals surface area contributed by atoms with Gasteiger partial charge in [-0.3, -0.25) is 0 Å². The molecule has 0 atom stereocenters. The molecule has 0 heterocycles. The Hall–Kier alpha value is -2.62. The first kappa shape index (κ1) is 14.8. The number of para-hydroxylation sites is 1. The SMILES string of the molecule is CCOc1ccccc1/C=C(/C(=O)O)c1cccc(F)c1. The van der Waals surface area contributed by atoms with Crippen LogP contribution in [0.2, 0.25) is 0 Å². The molecule has 21 heavy (non-hydrogen) atoms. The third-order valence-electron chi connectivity index (χ3n) is 2.88. The van der Waals surface area contributed by atoms with E-state index in [0.29, 0.717) is 23.5 Å². The summed E-state index contributed by atoms with van der Waals surface area (Å²) >= 11 is 0. The lowest BCUT2D eigenvalue weighted by atomic mass is 10.0. The highest BCUT2D eigenvalue weighted by atomic mass is 19.1. The molecular weight excluding hydrogens is 271 g/mol. The lowest BCUT2D eigenvalue weighted by molar-refractivity contribution is -0.130. The first-order valence-corrected chi connectivity index (χ1v) is 6.54. The van der Waals surface area contributed by atoms with Gasteiger partial charge in [-0.2, -0.15) is 0 Å². The molecule has 0 aliphatic carbocycles. The van der Waals surface area contributed by atoms with Crippen molar-refractivity contribution in [3.8, 4) is 5.75 Å². The average molecular weight is 286 g/mol. The summed E-state index contributed by atoms with van der Waals surface area (Å²) in [6.07, 6.45) is 1.49. The first-order chi connectivity index (χ1) is 10.1. The minimum Gasteiger partial charge on any atom is -0.493 e. The van der Waals surface area contributed by atoms with Crippen molar-refractivity contribution in [2.45, 2.75) is 6.92 Å². The predicted octanol–water partition coefficient (Wildman–Crippen LogP) is 3.85. The Labute approximate surface area is 122 Å². The summed E-state index contributed by atoms with van der Waals surface area (Å²) in [6.45, 7) is 2.33. The molecule has 4 heteroatoms. The topological polar surface area (TPSA) is 46.5 Å². The molecule has 2 aromatic carbocycles. The van der Waals surface area contributed by atoms with Crippen LogP contribution in [0.3, 0.4) is 0 Å². The van der Waals surface area contributed by atoms with Crippen LogP contribution < -0.4 is 4.74 Å². The van der Waals surface area contributed by atoms with Crippen LogP contribution in [0, 0.1) is 5.82 Å². The van der Waals surface area contributed by atoms with E-state index in [1.54, 1.807) is 24.3 Å². The van der Waals surface area contributed by atoms with Gasteiger partial charge in [0.15, 0.2) is 0 Å². The molecule has 0 aliphatic heterocycles. The lowest BCUT2D eigenvalue weighted by Gasteiger charge is -2.08. The first-order valence-electron chi connectivity index (χ1n) is 6.54. The number of rotatable bonds is 5. The molecule has 0 aromatic heterocycles. The van der Waals surface area contributed by atoms with Crippen LogP contribution in [0.4, 0.5) is 4.39 Å². The molecule has 0 saturated carbocycles. The van der Waals surface area contributed by atoms with Gasteiger partial charge < -0.3 is 9.84 Å². The number of hydrogen-bond acceptors (Lipinski definition) is 2. The largest absolute Gasteiger partial charge is 0.493 e. The monoisotopic (exact) mass is 286 g/mol. The fourth-order valence-electron chi connectivity index (χ4n) is 1.97. The van der Waals surface area contributed by atoms with E-state index >= 15 is 0 Å². The zero-order valence-electron chi connectivity index (χ0n) is 11.5. The maximum absolute atomic E-state index is 13.3. The number of carboxylic acids is 1. The number of ether oxygens (including phenoxy) is 1. The fraction of sp³-hybridized carbons (Fsp3) is 0.118. The number of carbonyl (C=O) groups is 1. The third kappa shape index (κ3) is 3.69. The smallest absolute Gasteiger partial charge is 0.336 e. The molecular formula is C17H15FO3. The Kier molecular flexibility index (Phi) is 4.72. The second-order valence-corrected chi connectivity index (χ2v) is 4.34. The predicted molar refractivity (Wildman–Crippen MR) is 79.5 cm³/mol. The van der Waals surface area contributed by atoms with Crippen LogP contribution in [0.5, 0.6) is 5.75 Å². The molecule has 2 rings (SSSR count). The van der Waals surface area contributed by atoms with Gasteiger partial charge >= 0.3 is 5.97 Å². The Morgan fingerprint density at radius 3 is 2.67 bits per heavy atom. The van der Waals surface area contributed by atoms with Gasteiger partial charge in [-0.25, -0.2) is 9.18 Å². The number of hydrogen-bond donors (Lipinski definition) is 1. The van der Waals surface area contributed by atoms with Gasteiger partial charge in [0, 0.05) is 5.56 Å². The molecule has 0 aliphatic rings. The highest BCUT2D eigenvalue weighted by Gasteiger charge is 2.12. The molecule has 108 valence electrons. The van der Waals surface area contributed by atoms with E-state index in [1.807, 2.05) is 13.0 Å². The van der Waals surface area contributed by atoms with Gasteiger partial charge in [0.1, 0.15) is 11.6 Å². The summed E-state index contributed by atoms with van der Waals surface area (Å²) in [5.74, 6) is -1.00. The number of carboxylic acid groups (broad SMARTS) is 1. The molecule has 1 N–H and O–H groups in total. The molecule has 0 radical (unpaired) electrons. The van der Waals surface area contributed by atoms with Gasteiger partial charge in [-0.1, -0.05) is 30.3 Å². The van der Waals surface area contributed by atoms with Crippen molar-refractivity contribution in [3.63, 3.8) is 0 Å². The maximum atomic E-state index is 13.3. The summed E-state index contributed by atoms with van der Waals surface area (Å²) in [5, 5.41) is 9.37. The maximum Gasteiger partial charge on any atom is 0.336 e. The minimum absolute atomic E-state index is 0.0154. The quantitative estimate of drug-likeness (QED) is 0.671. The van der Waals surface area contributed by atoms with Crippen LogP contribution in [-0.2, 0) is 4.79 Å². The summed E-state index contributed by atoms with van der Waals surface area (Å²) < 4.78 is 18.8. The van der Waals surface area contributed by atoms with Crippen molar-refractivity contribution >= 4 is 17.6 Å². The second-order valence-electron chi connectivity index (χ2n) is 4.34. The molecule has 2 aromatic rings. The van der Waals surface area contributed by atoms with Crippen molar-refractivity contribution in [2.24, 2.45) is 0 Å². The summed E-state index contributed by atoms with van der Waals surface area (Å²) in [6, 6.07) is 12.6. The van der Waals surface area contributed by atoms with Crippen LogP contribution in [0.1, 0.15) is 18.1 Å². The summed E-state index contributed by atoms with van der Waals surface area (Å²) in [5.41, 5.74) is 0.969. The van der Waals surface area contributed by atoms with E-state index in [0.717, 1.165) is 0 Å². The van der Waals surface area contributed by atoms with E-state index in [2.05, 4.69) is 0 Å². The average Bonchev–Trinajstić information content (AvgIpc) is 2.46. The molecule has 0 bridgehead atoms. The van der Waals surface area contributed by atoms with Crippen LogP contribution >= 0.6 is 0 Å². The Bertz CT molecular complexity index is 677. The van der Waals surface area contributed by atoms with Gasteiger partial charge in [-0.15, -0.1) is 0 Å². The normalized spacial score (nSPS) is 11.2. The molecule has 0 saturated heterocycles. The highest BCUT2D eigenvalue weighted by Crippen LogP contribution is 2.25. The molecule has 3 nitrogen and oxygen atoms in total. The molecule has 0 amide bonds. The zero-order chi connectivity index (χ0) is 15.2. The van der Waals surface area contributed by atoms with Crippen LogP contribution in [0.15, 0.2) is 48.5 Å². The van der Waals surface area contributed by atoms with Crippen LogP contribution in [0.25, 0.3) is 11.6 Å². The van der Waals surface area contributed by atoms with E-state index in [1.165, 1.54) is 24.3 Å². The highest BCUT2D eigenvalue weighted by molar-refractivity contribution is 6.20. The van der Waals surface area contributed by atoms with E-state index in [-0.39, 0.29) is 5.57 Å². The Morgan fingerprint density at radius 2 is 2.00 bits per heavy atom. The summed E-state index contributed by atoms with van der Waals surface area (Å²) in [4.78, 5) is 11.5. The van der Waals surface area contributed by atoms with E-state index in [4.69, 9.17) is 4.74 Å². The summed E-state index contributed by atoms with van der Waals surface area (Å²) in [7, 11) is 0. The van der Waals surface area contributed by atoms with E-state index in [9.17, 15) is 14.3 Å². The van der Waals surface area contributed by atoms with Crippen molar-refractivity contribution in [1.82, 2.24) is 0 Å². The van der Waals surface area contributed by atoms with Gasteiger partial charge in [-0.05, 0) is 36.8 Å². The van der Waals surface area contributed by atoms with Gasteiger partial charge in [0.25, 0.3) is 0 Å². The van der Waals surface area contributed by atoms with E-state index < -0.39 is 11.8 Å². The zero-order valence-corrected chi connectivity index (χ0v) is 11.5. The van der Waals surface area contributed by atoms with Crippen molar-refractivity contribution in [3.05, 3.63) is 65.5 Å². The number of halogens is 1. The fourth-order valence-corrected chi connectivity index (χ4v) is 1.97. The molecule has 0 unspecified atom stereocenters. The third-order valence-corrected chi connectivity index (χ3v) is 2.88. The van der Waals surface area contributed by atoms with Crippen molar-refractivity contribution < 1.29 is 19.0 Å². The molecule has 0 spiro atoms. The Morgan fingerprint density at radius 1 is 1.24 bits per heavy atom. The number of aliphatic carboxylic acids is 1. The van der Waals surface area contributed by atoms with Gasteiger partial charge in [0.2, 0.25) is 0 Å². The minimum atomic E-state index is -1.12. The molecule has 0 fully saturated rings. The van der Waals surface area contributed by atoms with Gasteiger partial charge in [0.05, 0.1) is 12.2 Å². The second kappa shape index (κ2) is 6.70.